The SMILES string of the molecule is CC(=O)OCc1cccc2c(-c3cccc4ccc(OC(C)=O)nc34)cccc12. The highest BCUT2D eigenvalue weighted by Gasteiger charge is 2.12. The van der Waals surface area contributed by atoms with Crippen molar-refractivity contribution < 1.29 is 19.1 Å². The molecule has 144 valence electrons. The fraction of sp³-hybridized carbons (Fsp3) is 0.125. The summed E-state index contributed by atoms with van der Waals surface area (Å²) in [4.78, 5) is 27.1. The van der Waals surface area contributed by atoms with Gasteiger partial charge in [-0.1, -0.05) is 54.6 Å². The molecule has 5 heteroatoms. The van der Waals surface area contributed by atoms with E-state index in [0.717, 1.165) is 38.4 Å². The Hall–Kier alpha value is -3.73. The number of carbonyl (C=O) groups excluding carboxylic acids is 2. The van der Waals surface area contributed by atoms with E-state index in [2.05, 4.69) is 4.98 Å². The van der Waals surface area contributed by atoms with E-state index in [4.69, 9.17) is 9.47 Å². The van der Waals surface area contributed by atoms with Crippen molar-refractivity contribution in [3.05, 3.63) is 72.3 Å². The van der Waals surface area contributed by atoms with Gasteiger partial charge in [-0.3, -0.25) is 9.59 Å². The van der Waals surface area contributed by atoms with Crippen molar-refractivity contribution in [2.75, 3.05) is 0 Å². The van der Waals surface area contributed by atoms with Crippen molar-refractivity contribution in [1.29, 1.82) is 0 Å². The van der Waals surface area contributed by atoms with Crippen LogP contribution in [0.25, 0.3) is 32.8 Å². The fourth-order valence-electron chi connectivity index (χ4n) is 3.47. The number of hydrogen-bond acceptors (Lipinski definition) is 5. The van der Waals surface area contributed by atoms with Gasteiger partial charge in [0.1, 0.15) is 6.61 Å². The van der Waals surface area contributed by atoms with E-state index in [-0.39, 0.29) is 18.5 Å². The highest BCUT2D eigenvalue weighted by molar-refractivity contribution is 6.05. The van der Waals surface area contributed by atoms with Gasteiger partial charge in [-0.25, -0.2) is 4.98 Å². The number of hydrogen-bond donors (Lipinski definition) is 0. The van der Waals surface area contributed by atoms with Gasteiger partial charge in [0.15, 0.2) is 0 Å². The Labute approximate surface area is 167 Å². The molecular weight excluding hydrogens is 366 g/mol. The minimum Gasteiger partial charge on any atom is -0.461 e. The molecule has 3 aromatic carbocycles. The number of para-hydroxylation sites is 1. The van der Waals surface area contributed by atoms with Gasteiger partial charge in [-0.2, -0.15) is 0 Å². The zero-order valence-corrected chi connectivity index (χ0v) is 16.1. The summed E-state index contributed by atoms with van der Waals surface area (Å²) in [5.74, 6) is -0.447. The van der Waals surface area contributed by atoms with Gasteiger partial charge in [-0.05, 0) is 28.0 Å². The summed E-state index contributed by atoms with van der Waals surface area (Å²) in [5.41, 5.74) is 3.63. The molecule has 0 bridgehead atoms. The van der Waals surface area contributed by atoms with Crippen molar-refractivity contribution >= 4 is 33.6 Å². The molecule has 0 fully saturated rings. The number of esters is 2. The Kier molecular flexibility index (Phi) is 4.96. The van der Waals surface area contributed by atoms with E-state index >= 15 is 0 Å². The van der Waals surface area contributed by atoms with Crippen LogP contribution in [-0.2, 0) is 20.9 Å². The molecule has 0 atom stereocenters. The average Bonchev–Trinajstić information content (AvgIpc) is 2.71. The number of aromatic nitrogens is 1. The quantitative estimate of drug-likeness (QED) is 0.460. The van der Waals surface area contributed by atoms with Crippen LogP contribution < -0.4 is 4.74 Å². The summed E-state index contributed by atoms with van der Waals surface area (Å²) in [7, 11) is 0. The Balaban J connectivity index is 1.90. The highest BCUT2D eigenvalue weighted by atomic mass is 16.5. The van der Waals surface area contributed by atoms with Crippen LogP contribution >= 0.6 is 0 Å². The van der Waals surface area contributed by atoms with E-state index in [1.165, 1.54) is 13.8 Å². The van der Waals surface area contributed by atoms with Gasteiger partial charge in [-0.15, -0.1) is 0 Å². The lowest BCUT2D eigenvalue weighted by Gasteiger charge is -2.13. The first-order valence-corrected chi connectivity index (χ1v) is 9.25. The van der Waals surface area contributed by atoms with Gasteiger partial charge in [0, 0.05) is 30.9 Å². The van der Waals surface area contributed by atoms with Crippen LogP contribution in [0.4, 0.5) is 0 Å². The summed E-state index contributed by atoms with van der Waals surface area (Å²) in [6, 6.07) is 21.5. The van der Waals surface area contributed by atoms with Crippen LogP contribution in [0.5, 0.6) is 5.88 Å². The summed E-state index contributed by atoms with van der Waals surface area (Å²) in [6.07, 6.45) is 0. The maximum Gasteiger partial charge on any atom is 0.309 e. The van der Waals surface area contributed by atoms with Crippen molar-refractivity contribution in [3.63, 3.8) is 0 Å². The molecule has 1 heterocycles. The summed E-state index contributed by atoms with van der Waals surface area (Å²) in [5, 5.41) is 3.00. The molecule has 0 saturated heterocycles. The molecule has 0 aliphatic heterocycles. The van der Waals surface area contributed by atoms with Crippen LogP contribution in [-0.4, -0.2) is 16.9 Å². The lowest BCUT2D eigenvalue weighted by atomic mass is 9.94. The van der Waals surface area contributed by atoms with Gasteiger partial charge < -0.3 is 9.47 Å². The van der Waals surface area contributed by atoms with Crippen molar-refractivity contribution in [1.82, 2.24) is 4.98 Å². The molecule has 5 nitrogen and oxygen atoms in total. The zero-order valence-electron chi connectivity index (χ0n) is 16.1. The Bertz CT molecular complexity index is 1250. The lowest BCUT2D eigenvalue weighted by Crippen LogP contribution is -2.03. The molecule has 29 heavy (non-hydrogen) atoms. The van der Waals surface area contributed by atoms with Crippen LogP contribution in [0.15, 0.2) is 66.7 Å². The number of fused-ring (bicyclic) bond motifs is 2. The standard InChI is InChI=1S/C24H19NO4/c1-15(26)28-14-18-7-4-9-20-19(18)8-5-10-21(20)22-11-3-6-17-12-13-23(25-24(17)22)29-16(2)27/h3-13H,14H2,1-2H3. The summed E-state index contributed by atoms with van der Waals surface area (Å²) in [6.45, 7) is 2.98. The molecule has 0 saturated carbocycles. The minimum atomic E-state index is -0.408. The third-order valence-corrected chi connectivity index (χ3v) is 4.68. The molecule has 0 unspecified atom stereocenters. The molecule has 0 aliphatic rings. The molecule has 0 aliphatic carbocycles. The Morgan fingerprint density at radius 1 is 0.793 bits per heavy atom. The maximum absolute atomic E-state index is 11.3. The third-order valence-electron chi connectivity index (χ3n) is 4.68. The second kappa shape index (κ2) is 7.72. The van der Waals surface area contributed by atoms with Gasteiger partial charge in [0.25, 0.3) is 0 Å². The number of nitrogens with zero attached hydrogens (tertiary/aromatic N) is 1. The van der Waals surface area contributed by atoms with Gasteiger partial charge in [0.2, 0.25) is 5.88 Å². The molecule has 4 rings (SSSR count). The smallest absolute Gasteiger partial charge is 0.309 e. The van der Waals surface area contributed by atoms with Gasteiger partial charge in [0.05, 0.1) is 5.52 Å². The molecule has 0 N–H and O–H groups in total. The molecule has 0 radical (unpaired) electrons. The van der Waals surface area contributed by atoms with E-state index in [1.807, 2.05) is 60.7 Å². The second-order valence-corrected chi connectivity index (χ2v) is 6.72. The monoisotopic (exact) mass is 385 g/mol. The number of ether oxygens (including phenoxy) is 2. The van der Waals surface area contributed by atoms with Crippen LogP contribution in [0.1, 0.15) is 19.4 Å². The number of benzene rings is 3. The molecule has 0 spiro atoms. The first-order valence-electron chi connectivity index (χ1n) is 9.25. The summed E-state index contributed by atoms with van der Waals surface area (Å²) < 4.78 is 10.4. The minimum absolute atomic E-state index is 0.223. The van der Waals surface area contributed by atoms with Crippen molar-refractivity contribution in [2.45, 2.75) is 20.5 Å². The van der Waals surface area contributed by atoms with E-state index in [1.54, 1.807) is 6.07 Å². The Morgan fingerprint density at radius 2 is 1.52 bits per heavy atom. The number of carbonyl (C=O) groups is 2. The lowest BCUT2D eigenvalue weighted by molar-refractivity contribution is -0.142. The molecule has 1 aromatic heterocycles. The highest BCUT2D eigenvalue weighted by Crippen LogP contribution is 2.35. The van der Waals surface area contributed by atoms with E-state index in [0.29, 0.717) is 0 Å². The van der Waals surface area contributed by atoms with Crippen molar-refractivity contribution in [2.24, 2.45) is 0 Å². The maximum atomic E-state index is 11.3. The second-order valence-electron chi connectivity index (χ2n) is 6.72. The first-order chi connectivity index (χ1) is 14.0. The van der Waals surface area contributed by atoms with Crippen LogP contribution in [0.2, 0.25) is 0 Å². The molecule has 4 aromatic rings. The third kappa shape index (κ3) is 3.80. The summed E-state index contributed by atoms with van der Waals surface area (Å²) >= 11 is 0. The predicted molar refractivity (Wildman–Crippen MR) is 111 cm³/mol. The van der Waals surface area contributed by atoms with E-state index < -0.39 is 5.97 Å². The number of pyridine rings is 1. The first kappa shape index (κ1) is 18.6. The zero-order chi connectivity index (χ0) is 20.4. The van der Waals surface area contributed by atoms with Crippen LogP contribution in [0, 0.1) is 0 Å². The fourth-order valence-corrected chi connectivity index (χ4v) is 3.47. The van der Waals surface area contributed by atoms with Crippen molar-refractivity contribution in [3.8, 4) is 17.0 Å². The van der Waals surface area contributed by atoms with E-state index in [9.17, 15) is 9.59 Å². The molecule has 0 amide bonds. The molecular formula is C24H19NO4. The Morgan fingerprint density at radius 3 is 2.31 bits per heavy atom. The number of rotatable bonds is 4. The normalized spacial score (nSPS) is 10.8. The predicted octanol–water partition coefficient (Wildman–Crippen LogP) is 5.04. The average molecular weight is 385 g/mol. The van der Waals surface area contributed by atoms with Crippen LogP contribution in [0.3, 0.4) is 0 Å². The topological polar surface area (TPSA) is 65.5 Å². The largest absolute Gasteiger partial charge is 0.461 e. The van der Waals surface area contributed by atoms with Gasteiger partial charge >= 0.3 is 11.9 Å².